The second-order valence-corrected chi connectivity index (χ2v) is 6.84. The Kier molecular flexibility index (Phi) is 6.54. The third kappa shape index (κ3) is 5.16. The van der Waals surface area contributed by atoms with Crippen molar-refractivity contribution in [2.45, 2.75) is 25.8 Å². The average Bonchev–Trinajstić information content (AvgIpc) is 3.31. The lowest BCUT2D eigenvalue weighted by Crippen LogP contribution is -2.36. The van der Waals surface area contributed by atoms with E-state index >= 15 is 0 Å². The molecule has 1 aliphatic rings. The van der Waals surface area contributed by atoms with E-state index in [0.29, 0.717) is 30.8 Å². The third-order valence-corrected chi connectivity index (χ3v) is 4.84. The molecule has 29 heavy (non-hydrogen) atoms. The minimum absolute atomic E-state index is 0.0357. The van der Waals surface area contributed by atoms with Gasteiger partial charge in [0.25, 0.3) is 5.91 Å². The largest absolute Gasteiger partial charge is 0.497 e. The highest BCUT2D eigenvalue weighted by Crippen LogP contribution is 2.22. The van der Waals surface area contributed by atoms with Crippen molar-refractivity contribution in [3.63, 3.8) is 0 Å². The summed E-state index contributed by atoms with van der Waals surface area (Å²) < 4.78 is 10.1. The molecule has 0 aliphatic carbocycles. The summed E-state index contributed by atoms with van der Waals surface area (Å²) in [5.74, 6) is -0.353. The topological polar surface area (TPSA) is 110 Å². The molecule has 8 heteroatoms. The molecule has 3 N–H and O–H groups in total. The maximum absolute atomic E-state index is 12.8. The third-order valence-electron chi connectivity index (χ3n) is 4.84. The number of amides is 2. The predicted molar refractivity (Wildman–Crippen MR) is 108 cm³/mol. The standard InChI is InChI=1S/C21H25N3O5/c1-3-29-19(25)7-4-15(10-13-8-9-22-20(13)26)23-21(27)18-12-14-11-16(28-2)5-6-17(14)24-18/h4-7,11-13,15,24H,3,8-10H2,1-2H3,(H,22,26)(H,23,27)/b7-4+/t13-,15?/m0/s1. The lowest BCUT2D eigenvalue weighted by molar-refractivity contribution is -0.137. The van der Waals surface area contributed by atoms with E-state index in [1.807, 2.05) is 18.2 Å². The number of benzene rings is 1. The highest BCUT2D eigenvalue weighted by molar-refractivity contribution is 5.98. The summed E-state index contributed by atoms with van der Waals surface area (Å²) in [5.41, 5.74) is 1.20. The van der Waals surface area contributed by atoms with Crippen LogP contribution in [-0.4, -0.2) is 49.1 Å². The van der Waals surface area contributed by atoms with Crippen LogP contribution in [0.4, 0.5) is 0 Å². The molecule has 2 atom stereocenters. The minimum Gasteiger partial charge on any atom is -0.497 e. The number of ether oxygens (including phenoxy) is 2. The first-order valence-corrected chi connectivity index (χ1v) is 9.60. The molecular weight excluding hydrogens is 374 g/mol. The van der Waals surface area contributed by atoms with Crippen LogP contribution < -0.4 is 15.4 Å². The molecule has 0 spiro atoms. The monoisotopic (exact) mass is 399 g/mol. The molecule has 0 saturated carbocycles. The van der Waals surface area contributed by atoms with Gasteiger partial charge in [0.1, 0.15) is 11.4 Å². The number of aromatic amines is 1. The van der Waals surface area contributed by atoms with Gasteiger partial charge in [0.15, 0.2) is 0 Å². The quantitative estimate of drug-likeness (QED) is 0.464. The van der Waals surface area contributed by atoms with Crippen LogP contribution in [0, 0.1) is 5.92 Å². The molecule has 154 valence electrons. The van der Waals surface area contributed by atoms with Crippen molar-refractivity contribution in [3.05, 3.63) is 42.1 Å². The van der Waals surface area contributed by atoms with Crippen LogP contribution in [-0.2, 0) is 14.3 Å². The van der Waals surface area contributed by atoms with Gasteiger partial charge in [0, 0.05) is 35.5 Å². The lowest BCUT2D eigenvalue weighted by Gasteiger charge is -2.17. The molecule has 0 radical (unpaired) electrons. The molecule has 1 aromatic heterocycles. The van der Waals surface area contributed by atoms with Gasteiger partial charge in [-0.15, -0.1) is 0 Å². The maximum atomic E-state index is 12.8. The number of rotatable bonds is 8. The summed E-state index contributed by atoms with van der Waals surface area (Å²) in [5, 5.41) is 6.53. The second-order valence-electron chi connectivity index (χ2n) is 6.84. The van der Waals surface area contributed by atoms with Crippen molar-refractivity contribution in [1.29, 1.82) is 0 Å². The number of carbonyl (C=O) groups excluding carboxylic acids is 3. The lowest BCUT2D eigenvalue weighted by atomic mass is 9.98. The summed E-state index contributed by atoms with van der Waals surface area (Å²) in [6.45, 7) is 2.61. The fraction of sp³-hybridized carbons (Fsp3) is 0.381. The Morgan fingerprint density at radius 1 is 1.34 bits per heavy atom. The van der Waals surface area contributed by atoms with Gasteiger partial charge < -0.3 is 25.1 Å². The zero-order chi connectivity index (χ0) is 20.8. The van der Waals surface area contributed by atoms with Crippen LogP contribution in [0.2, 0.25) is 0 Å². The molecule has 0 bridgehead atoms. The summed E-state index contributed by atoms with van der Waals surface area (Å²) in [6, 6.07) is 6.74. The smallest absolute Gasteiger partial charge is 0.330 e. The normalized spacial score (nSPS) is 17.3. The second kappa shape index (κ2) is 9.27. The van der Waals surface area contributed by atoms with Gasteiger partial charge in [-0.25, -0.2) is 4.79 Å². The molecule has 2 aromatic rings. The number of fused-ring (bicyclic) bond motifs is 1. The summed E-state index contributed by atoms with van der Waals surface area (Å²) >= 11 is 0. The maximum Gasteiger partial charge on any atom is 0.330 e. The van der Waals surface area contributed by atoms with Crippen LogP contribution in [0.5, 0.6) is 5.75 Å². The SMILES string of the molecule is CCOC(=O)/C=C/C(C[C@@H]1CCNC1=O)NC(=O)c1cc2cc(OC)ccc2[nH]1. The van der Waals surface area contributed by atoms with Crippen molar-refractivity contribution >= 4 is 28.7 Å². The number of hydrogen-bond acceptors (Lipinski definition) is 5. The number of hydrogen-bond donors (Lipinski definition) is 3. The van der Waals surface area contributed by atoms with Gasteiger partial charge in [0.05, 0.1) is 13.7 Å². The number of esters is 1. The van der Waals surface area contributed by atoms with Gasteiger partial charge in [-0.05, 0) is 44.0 Å². The van der Waals surface area contributed by atoms with Crippen LogP contribution in [0.3, 0.4) is 0 Å². The van der Waals surface area contributed by atoms with Crippen molar-refractivity contribution in [2.75, 3.05) is 20.3 Å². The number of nitrogens with one attached hydrogen (secondary N) is 3. The summed E-state index contributed by atoms with van der Waals surface area (Å²) in [7, 11) is 1.58. The minimum atomic E-state index is -0.486. The van der Waals surface area contributed by atoms with Gasteiger partial charge in [-0.3, -0.25) is 9.59 Å². The summed E-state index contributed by atoms with van der Waals surface area (Å²) in [4.78, 5) is 39.4. The molecule has 1 saturated heterocycles. The van der Waals surface area contributed by atoms with E-state index in [4.69, 9.17) is 9.47 Å². The van der Waals surface area contributed by atoms with E-state index < -0.39 is 12.0 Å². The van der Waals surface area contributed by atoms with E-state index in [0.717, 1.165) is 10.9 Å². The first-order chi connectivity index (χ1) is 14.0. The molecule has 3 rings (SSSR count). The van der Waals surface area contributed by atoms with Crippen molar-refractivity contribution in [1.82, 2.24) is 15.6 Å². The van der Waals surface area contributed by atoms with Crippen LogP contribution in [0.15, 0.2) is 36.4 Å². The number of carbonyl (C=O) groups is 3. The highest BCUT2D eigenvalue weighted by atomic mass is 16.5. The Morgan fingerprint density at radius 3 is 2.86 bits per heavy atom. The van der Waals surface area contributed by atoms with Crippen LogP contribution in [0.1, 0.15) is 30.3 Å². The molecule has 8 nitrogen and oxygen atoms in total. The molecular formula is C21H25N3O5. The number of H-pyrrole nitrogens is 1. The van der Waals surface area contributed by atoms with Gasteiger partial charge in [-0.1, -0.05) is 6.08 Å². The Morgan fingerprint density at radius 2 is 2.17 bits per heavy atom. The van der Waals surface area contributed by atoms with Gasteiger partial charge in [0.2, 0.25) is 5.91 Å². The first kappa shape index (κ1) is 20.4. The fourth-order valence-corrected chi connectivity index (χ4v) is 3.35. The van der Waals surface area contributed by atoms with E-state index in [9.17, 15) is 14.4 Å². The molecule has 1 aliphatic heterocycles. The van der Waals surface area contributed by atoms with Gasteiger partial charge >= 0.3 is 5.97 Å². The van der Waals surface area contributed by atoms with Crippen LogP contribution in [0.25, 0.3) is 10.9 Å². The molecule has 2 heterocycles. The van der Waals surface area contributed by atoms with E-state index in [-0.39, 0.29) is 24.3 Å². The Hall–Kier alpha value is -3.29. The number of methoxy groups -OCH3 is 1. The zero-order valence-electron chi connectivity index (χ0n) is 16.5. The predicted octanol–water partition coefficient (Wildman–Crippen LogP) is 1.92. The molecule has 1 unspecified atom stereocenters. The van der Waals surface area contributed by atoms with E-state index in [1.54, 1.807) is 26.2 Å². The molecule has 2 amide bonds. The van der Waals surface area contributed by atoms with Crippen LogP contribution >= 0.6 is 0 Å². The number of aromatic nitrogens is 1. The van der Waals surface area contributed by atoms with Crippen molar-refractivity contribution < 1.29 is 23.9 Å². The molecule has 1 aromatic carbocycles. The fourth-order valence-electron chi connectivity index (χ4n) is 3.35. The Balaban J connectivity index is 1.75. The highest BCUT2D eigenvalue weighted by Gasteiger charge is 2.27. The zero-order valence-corrected chi connectivity index (χ0v) is 16.5. The average molecular weight is 399 g/mol. The molecule has 1 fully saturated rings. The van der Waals surface area contributed by atoms with E-state index in [2.05, 4.69) is 15.6 Å². The Bertz CT molecular complexity index is 934. The first-order valence-electron chi connectivity index (χ1n) is 9.60. The van der Waals surface area contributed by atoms with Crippen molar-refractivity contribution in [2.24, 2.45) is 5.92 Å². The van der Waals surface area contributed by atoms with E-state index in [1.165, 1.54) is 6.08 Å². The Labute approximate surface area is 168 Å². The van der Waals surface area contributed by atoms with Gasteiger partial charge in [-0.2, -0.15) is 0 Å². The van der Waals surface area contributed by atoms with Crippen molar-refractivity contribution in [3.8, 4) is 5.75 Å². The summed E-state index contributed by atoms with van der Waals surface area (Å²) in [6.07, 6.45) is 3.97.